The van der Waals surface area contributed by atoms with Crippen LogP contribution in [0.15, 0.2) is 91.0 Å². The van der Waals surface area contributed by atoms with Crippen molar-refractivity contribution in [2.24, 2.45) is 0 Å². The minimum absolute atomic E-state index is 0.0108. The summed E-state index contributed by atoms with van der Waals surface area (Å²) in [6.07, 6.45) is 0. The molecular weight excluding hydrogens is 414 g/mol. The van der Waals surface area contributed by atoms with Crippen LogP contribution in [0.2, 0.25) is 0 Å². The molecule has 0 aliphatic carbocycles. The van der Waals surface area contributed by atoms with Gasteiger partial charge in [-0.3, -0.25) is 9.59 Å². The van der Waals surface area contributed by atoms with E-state index >= 15 is 0 Å². The largest absolute Gasteiger partial charge is 0.340 e. The standard InChI is InChI=1S/C26H25N5O2/c1-2-30(19-20-12-6-3-7-13-20)23(32)18-27-26(33)24-28-25(21-14-8-4-9-15-21)31(29-24)22-16-10-5-11-17-22/h3-17H,2,18-19H2,1H3,(H,27,33). The number of amides is 2. The Morgan fingerprint density at radius 1 is 0.879 bits per heavy atom. The second-order valence-corrected chi connectivity index (χ2v) is 7.45. The molecule has 4 aromatic rings. The van der Waals surface area contributed by atoms with Crippen molar-refractivity contribution in [2.75, 3.05) is 13.1 Å². The quantitative estimate of drug-likeness (QED) is 0.454. The molecule has 2 amide bonds. The third kappa shape index (κ3) is 5.33. The Kier molecular flexibility index (Phi) is 6.90. The van der Waals surface area contributed by atoms with Crippen LogP contribution in [0.1, 0.15) is 23.1 Å². The molecule has 3 aromatic carbocycles. The van der Waals surface area contributed by atoms with Gasteiger partial charge in [0.15, 0.2) is 5.82 Å². The first-order valence-corrected chi connectivity index (χ1v) is 10.8. The number of nitrogens with zero attached hydrogens (tertiary/aromatic N) is 4. The molecule has 0 atom stereocenters. The molecule has 1 N–H and O–H groups in total. The Labute approximate surface area is 192 Å². The summed E-state index contributed by atoms with van der Waals surface area (Å²) in [7, 11) is 0. The lowest BCUT2D eigenvalue weighted by Gasteiger charge is -2.21. The number of carbonyl (C=O) groups excluding carboxylic acids is 2. The highest BCUT2D eigenvalue weighted by Gasteiger charge is 2.20. The Bertz CT molecular complexity index is 1150. The van der Waals surface area contributed by atoms with Gasteiger partial charge in [-0.25, -0.2) is 9.67 Å². The maximum Gasteiger partial charge on any atom is 0.291 e. The SMILES string of the molecule is CCN(Cc1ccccc1)C(=O)CNC(=O)c1nc(-c2ccccc2)n(-c2ccccc2)n1. The summed E-state index contributed by atoms with van der Waals surface area (Å²) < 4.78 is 1.64. The number of likely N-dealkylation sites (N-methyl/N-ethyl adjacent to an activating group) is 1. The molecule has 0 aliphatic rings. The van der Waals surface area contributed by atoms with E-state index in [1.54, 1.807) is 9.58 Å². The van der Waals surface area contributed by atoms with Crippen LogP contribution in [0, 0.1) is 0 Å². The van der Waals surface area contributed by atoms with Crippen LogP contribution in [-0.4, -0.2) is 44.6 Å². The smallest absolute Gasteiger partial charge is 0.291 e. The molecule has 4 rings (SSSR count). The van der Waals surface area contributed by atoms with Crippen LogP contribution in [0.4, 0.5) is 0 Å². The number of hydrogen-bond donors (Lipinski definition) is 1. The van der Waals surface area contributed by atoms with Crippen LogP contribution in [0.5, 0.6) is 0 Å². The molecule has 0 fully saturated rings. The van der Waals surface area contributed by atoms with E-state index < -0.39 is 5.91 Å². The molecule has 0 aliphatic heterocycles. The molecule has 7 nitrogen and oxygen atoms in total. The fourth-order valence-electron chi connectivity index (χ4n) is 3.46. The zero-order valence-electron chi connectivity index (χ0n) is 18.4. The van der Waals surface area contributed by atoms with Crippen LogP contribution in [-0.2, 0) is 11.3 Å². The molecule has 1 heterocycles. The van der Waals surface area contributed by atoms with Crippen LogP contribution >= 0.6 is 0 Å². The summed E-state index contributed by atoms with van der Waals surface area (Å²) in [6.45, 7) is 2.83. The van der Waals surface area contributed by atoms with Crippen molar-refractivity contribution in [1.29, 1.82) is 0 Å². The van der Waals surface area contributed by atoms with Crippen molar-refractivity contribution in [1.82, 2.24) is 25.0 Å². The highest BCUT2D eigenvalue weighted by atomic mass is 16.2. The minimum atomic E-state index is -0.494. The summed E-state index contributed by atoms with van der Waals surface area (Å²) in [5, 5.41) is 7.11. The van der Waals surface area contributed by atoms with Gasteiger partial charge in [0.2, 0.25) is 11.7 Å². The van der Waals surface area contributed by atoms with Crippen molar-refractivity contribution in [3.8, 4) is 17.1 Å². The van der Waals surface area contributed by atoms with E-state index in [4.69, 9.17) is 0 Å². The number of carbonyl (C=O) groups is 2. The maximum absolute atomic E-state index is 12.8. The van der Waals surface area contributed by atoms with Gasteiger partial charge < -0.3 is 10.2 Å². The minimum Gasteiger partial charge on any atom is -0.340 e. The average Bonchev–Trinajstić information content (AvgIpc) is 3.33. The van der Waals surface area contributed by atoms with Gasteiger partial charge >= 0.3 is 0 Å². The van der Waals surface area contributed by atoms with E-state index in [9.17, 15) is 9.59 Å². The molecule has 0 bridgehead atoms. The lowest BCUT2D eigenvalue weighted by atomic mass is 10.2. The summed E-state index contributed by atoms with van der Waals surface area (Å²) in [5.74, 6) is -0.0967. The van der Waals surface area contributed by atoms with Gasteiger partial charge in [0.05, 0.1) is 12.2 Å². The number of hydrogen-bond acceptors (Lipinski definition) is 4. The molecule has 0 spiro atoms. The summed E-state index contributed by atoms with van der Waals surface area (Å²) >= 11 is 0. The van der Waals surface area contributed by atoms with Gasteiger partial charge in [0.25, 0.3) is 5.91 Å². The molecule has 0 saturated carbocycles. The highest BCUT2D eigenvalue weighted by Crippen LogP contribution is 2.21. The molecule has 7 heteroatoms. The van der Waals surface area contributed by atoms with E-state index in [0.29, 0.717) is 18.9 Å². The number of aromatic nitrogens is 3. The van der Waals surface area contributed by atoms with Crippen LogP contribution in [0.25, 0.3) is 17.1 Å². The molecule has 0 radical (unpaired) electrons. The molecule has 33 heavy (non-hydrogen) atoms. The summed E-state index contributed by atoms with van der Waals surface area (Å²) in [4.78, 5) is 31.7. The normalized spacial score (nSPS) is 10.6. The lowest BCUT2D eigenvalue weighted by molar-refractivity contribution is -0.130. The van der Waals surface area contributed by atoms with Gasteiger partial charge in [0, 0.05) is 18.7 Å². The molecule has 166 valence electrons. The topological polar surface area (TPSA) is 80.1 Å². The van der Waals surface area contributed by atoms with Crippen LogP contribution < -0.4 is 5.32 Å². The fraction of sp³-hybridized carbons (Fsp3) is 0.154. The lowest BCUT2D eigenvalue weighted by Crippen LogP contribution is -2.40. The average molecular weight is 440 g/mol. The predicted molar refractivity (Wildman–Crippen MR) is 127 cm³/mol. The number of rotatable bonds is 8. The van der Waals surface area contributed by atoms with Gasteiger partial charge in [-0.15, -0.1) is 5.10 Å². The summed E-state index contributed by atoms with van der Waals surface area (Å²) in [6, 6.07) is 28.8. The first kappa shape index (κ1) is 22.0. The van der Waals surface area contributed by atoms with Gasteiger partial charge in [0.1, 0.15) is 0 Å². The van der Waals surface area contributed by atoms with E-state index in [1.165, 1.54) is 0 Å². The van der Waals surface area contributed by atoms with E-state index in [2.05, 4.69) is 15.4 Å². The van der Waals surface area contributed by atoms with Crippen LogP contribution in [0.3, 0.4) is 0 Å². The second kappa shape index (κ2) is 10.4. The highest BCUT2D eigenvalue weighted by molar-refractivity contribution is 5.93. The Morgan fingerprint density at radius 3 is 2.12 bits per heavy atom. The zero-order valence-corrected chi connectivity index (χ0v) is 18.4. The molecular formula is C26H25N5O2. The van der Waals surface area contributed by atoms with Crippen molar-refractivity contribution in [2.45, 2.75) is 13.5 Å². The number of benzene rings is 3. The zero-order chi connectivity index (χ0) is 23.0. The number of nitrogens with one attached hydrogen (secondary N) is 1. The summed E-state index contributed by atoms with van der Waals surface area (Å²) in [5.41, 5.74) is 2.66. The van der Waals surface area contributed by atoms with Crippen molar-refractivity contribution < 1.29 is 9.59 Å². The van der Waals surface area contributed by atoms with Gasteiger partial charge in [-0.1, -0.05) is 78.9 Å². The van der Waals surface area contributed by atoms with E-state index in [-0.39, 0.29) is 18.3 Å². The predicted octanol–water partition coefficient (Wildman–Crippen LogP) is 3.71. The van der Waals surface area contributed by atoms with E-state index in [0.717, 1.165) is 16.8 Å². The van der Waals surface area contributed by atoms with E-state index in [1.807, 2.05) is 97.9 Å². The third-order valence-electron chi connectivity index (χ3n) is 5.19. The first-order chi connectivity index (χ1) is 16.2. The molecule has 0 unspecified atom stereocenters. The van der Waals surface area contributed by atoms with Crippen molar-refractivity contribution >= 4 is 11.8 Å². The maximum atomic E-state index is 12.8. The van der Waals surface area contributed by atoms with Gasteiger partial charge in [-0.2, -0.15) is 0 Å². The Balaban J connectivity index is 1.50. The third-order valence-corrected chi connectivity index (χ3v) is 5.19. The van der Waals surface area contributed by atoms with Crippen molar-refractivity contribution in [3.63, 3.8) is 0 Å². The Hall–Kier alpha value is -4.26. The monoisotopic (exact) mass is 439 g/mol. The fourth-order valence-corrected chi connectivity index (χ4v) is 3.46. The number of para-hydroxylation sites is 1. The molecule has 0 saturated heterocycles. The van der Waals surface area contributed by atoms with Gasteiger partial charge in [-0.05, 0) is 24.6 Å². The first-order valence-electron chi connectivity index (χ1n) is 10.8. The Morgan fingerprint density at radius 2 is 1.48 bits per heavy atom. The van der Waals surface area contributed by atoms with Crippen molar-refractivity contribution in [3.05, 3.63) is 102 Å². The second-order valence-electron chi connectivity index (χ2n) is 7.45. The molecule has 1 aromatic heterocycles.